The highest BCUT2D eigenvalue weighted by Crippen LogP contribution is 2.21. The third-order valence-corrected chi connectivity index (χ3v) is 4.09. The maximum atomic E-state index is 12.6. The number of rotatable bonds is 5. The molecule has 2 rings (SSSR count). The van der Waals surface area contributed by atoms with Crippen molar-refractivity contribution >= 4 is 5.91 Å². The lowest BCUT2D eigenvalue weighted by atomic mass is 9.97. The molecule has 4 nitrogen and oxygen atoms in total. The van der Waals surface area contributed by atoms with E-state index in [9.17, 15) is 4.79 Å². The van der Waals surface area contributed by atoms with Crippen molar-refractivity contribution in [3.63, 3.8) is 0 Å². The molecule has 1 aromatic rings. The number of benzene rings is 1. The molecule has 0 bridgehead atoms. The first-order valence-corrected chi connectivity index (χ1v) is 7.80. The number of amides is 1. The van der Waals surface area contributed by atoms with Gasteiger partial charge in [-0.15, -0.1) is 0 Å². The van der Waals surface area contributed by atoms with Crippen molar-refractivity contribution in [2.24, 2.45) is 11.7 Å². The first-order chi connectivity index (χ1) is 10.1. The minimum absolute atomic E-state index is 0.0278. The van der Waals surface area contributed by atoms with Gasteiger partial charge in [-0.2, -0.15) is 0 Å². The summed E-state index contributed by atoms with van der Waals surface area (Å²) in [5.74, 6) is 0.466. The van der Waals surface area contributed by atoms with E-state index < -0.39 is 6.04 Å². The van der Waals surface area contributed by atoms with E-state index in [0.717, 1.165) is 44.7 Å². The van der Waals surface area contributed by atoms with Gasteiger partial charge in [-0.1, -0.05) is 29.8 Å². The summed E-state index contributed by atoms with van der Waals surface area (Å²) in [5, 5.41) is 0. The Kier molecular flexibility index (Phi) is 5.76. The van der Waals surface area contributed by atoms with Crippen LogP contribution in [0.25, 0.3) is 0 Å². The minimum atomic E-state index is -0.559. The fraction of sp³-hybridized carbons (Fsp3) is 0.588. The quantitative estimate of drug-likeness (QED) is 0.905. The van der Waals surface area contributed by atoms with Crippen molar-refractivity contribution in [1.29, 1.82) is 0 Å². The Labute approximate surface area is 127 Å². The normalized spacial score (nSPS) is 20.3. The second-order valence-corrected chi connectivity index (χ2v) is 5.84. The van der Waals surface area contributed by atoms with Gasteiger partial charge in [0.05, 0.1) is 6.61 Å². The van der Waals surface area contributed by atoms with E-state index in [0.29, 0.717) is 5.92 Å². The van der Waals surface area contributed by atoms with Gasteiger partial charge in [-0.25, -0.2) is 0 Å². The smallest absolute Gasteiger partial charge is 0.244 e. The van der Waals surface area contributed by atoms with Crippen LogP contribution in [-0.4, -0.2) is 37.1 Å². The van der Waals surface area contributed by atoms with Crippen molar-refractivity contribution in [3.8, 4) is 0 Å². The lowest BCUT2D eigenvalue weighted by molar-refractivity contribution is -0.135. The van der Waals surface area contributed by atoms with Crippen molar-refractivity contribution < 1.29 is 9.53 Å². The van der Waals surface area contributed by atoms with Crippen LogP contribution in [-0.2, 0) is 9.53 Å². The predicted octanol–water partition coefficient (Wildman–Crippen LogP) is 2.27. The Hall–Kier alpha value is -1.39. The second kappa shape index (κ2) is 7.57. The van der Waals surface area contributed by atoms with Crippen molar-refractivity contribution in [2.45, 2.75) is 32.7 Å². The second-order valence-electron chi connectivity index (χ2n) is 5.84. The van der Waals surface area contributed by atoms with Gasteiger partial charge in [-0.3, -0.25) is 4.79 Å². The highest BCUT2D eigenvalue weighted by atomic mass is 16.5. The Bertz CT molecular complexity index is 458. The molecule has 116 valence electrons. The first kappa shape index (κ1) is 16.0. The molecule has 2 N–H and O–H groups in total. The number of carbonyl (C=O) groups excluding carboxylic acids is 1. The molecule has 2 unspecified atom stereocenters. The van der Waals surface area contributed by atoms with Crippen LogP contribution in [0.1, 0.15) is 36.9 Å². The predicted molar refractivity (Wildman–Crippen MR) is 83.9 cm³/mol. The monoisotopic (exact) mass is 290 g/mol. The molecule has 1 aromatic carbocycles. The molecule has 1 heterocycles. The van der Waals surface area contributed by atoms with Gasteiger partial charge in [0, 0.05) is 19.7 Å². The highest BCUT2D eigenvalue weighted by molar-refractivity contribution is 5.83. The molecule has 0 aromatic heterocycles. The summed E-state index contributed by atoms with van der Waals surface area (Å²) >= 11 is 0. The van der Waals surface area contributed by atoms with E-state index in [-0.39, 0.29) is 5.91 Å². The summed E-state index contributed by atoms with van der Waals surface area (Å²) in [6.07, 6.45) is 2.16. The number of ether oxygens (including phenoxy) is 1. The van der Waals surface area contributed by atoms with E-state index in [1.165, 1.54) is 5.56 Å². The fourth-order valence-electron chi connectivity index (χ4n) is 2.80. The molecular weight excluding hydrogens is 264 g/mol. The van der Waals surface area contributed by atoms with Gasteiger partial charge in [-0.05, 0) is 38.2 Å². The van der Waals surface area contributed by atoms with Crippen LogP contribution in [0.15, 0.2) is 24.3 Å². The summed E-state index contributed by atoms with van der Waals surface area (Å²) in [5.41, 5.74) is 8.20. The maximum Gasteiger partial charge on any atom is 0.244 e. The lowest BCUT2D eigenvalue weighted by Crippen LogP contribution is -2.45. The zero-order valence-electron chi connectivity index (χ0n) is 13.0. The Balaban J connectivity index is 1.96. The summed E-state index contributed by atoms with van der Waals surface area (Å²) in [6, 6.07) is 7.32. The zero-order chi connectivity index (χ0) is 15.2. The maximum absolute atomic E-state index is 12.6. The lowest BCUT2D eigenvalue weighted by Gasteiger charge is -2.34. The molecule has 0 saturated carbocycles. The third-order valence-electron chi connectivity index (χ3n) is 4.09. The van der Waals surface area contributed by atoms with Crippen LogP contribution in [0.3, 0.4) is 0 Å². The first-order valence-electron chi connectivity index (χ1n) is 7.80. The Morgan fingerprint density at radius 2 is 2.14 bits per heavy atom. The number of aryl methyl sites for hydroxylation is 1. The molecule has 0 aliphatic carbocycles. The van der Waals surface area contributed by atoms with Crippen LogP contribution >= 0.6 is 0 Å². The number of likely N-dealkylation sites (tertiary alicyclic amines) is 1. The standard InChI is InChI=1S/C17H26N2O2/c1-3-21-12-14-5-4-10-19(11-14)17(20)16(18)15-8-6-13(2)7-9-15/h6-9,14,16H,3-5,10-12,18H2,1-2H3. The van der Waals surface area contributed by atoms with E-state index in [1.807, 2.05) is 43.0 Å². The third kappa shape index (κ3) is 4.29. The number of nitrogens with zero attached hydrogens (tertiary/aromatic N) is 1. The number of piperidine rings is 1. The van der Waals surface area contributed by atoms with Crippen LogP contribution in [0.4, 0.5) is 0 Å². The van der Waals surface area contributed by atoms with Gasteiger partial charge in [0.1, 0.15) is 6.04 Å². The van der Waals surface area contributed by atoms with Crippen LogP contribution in [0.5, 0.6) is 0 Å². The molecule has 1 saturated heterocycles. The highest BCUT2D eigenvalue weighted by Gasteiger charge is 2.27. The number of hydrogen-bond donors (Lipinski definition) is 1. The summed E-state index contributed by atoms with van der Waals surface area (Å²) in [4.78, 5) is 14.5. The molecule has 0 spiro atoms. The SMILES string of the molecule is CCOCC1CCCN(C(=O)C(N)c2ccc(C)cc2)C1. The number of nitrogens with two attached hydrogens (primary N) is 1. The van der Waals surface area contributed by atoms with E-state index in [4.69, 9.17) is 10.5 Å². The van der Waals surface area contributed by atoms with Crippen molar-refractivity contribution in [2.75, 3.05) is 26.3 Å². The fourth-order valence-corrected chi connectivity index (χ4v) is 2.80. The van der Waals surface area contributed by atoms with Gasteiger partial charge in [0.25, 0.3) is 0 Å². The molecule has 1 aliphatic rings. The van der Waals surface area contributed by atoms with E-state index >= 15 is 0 Å². The van der Waals surface area contributed by atoms with Gasteiger partial charge < -0.3 is 15.4 Å². The molecular formula is C17H26N2O2. The number of hydrogen-bond acceptors (Lipinski definition) is 3. The van der Waals surface area contributed by atoms with Gasteiger partial charge in [0.15, 0.2) is 0 Å². The van der Waals surface area contributed by atoms with E-state index in [2.05, 4.69) is 0 Å². The topological polar surface area (TPSA) is 55.6 Å². The average molecular weight is 290 g/mol. The van der Waals surface area contributed by atoms with Crippen molar-refractivity contribution in [1.82, 2.24) is 4.90 Å². The Morgan fingerprint density at radius 1 is 1.43 bits per heavy atom. The molecule has 1 fully saturated rings. The van der Waals surface area contributed by atoms with Crippen molar-refractivity contribution in [3.05, 3.63) is 35.4 Å². The molecule has 2 atom stereocenters. The Morgan fingerprint density at radius 3 is 2.81 bits per heavy atom. The van der Waals surface area contributed by atoms with Crippen LogP contribution in [0, 0.1) is 12.8 Å². The molecule has 1 aliphatic heterocycles. The summed E-state index contributed by atoms with van der Waals surface area (Å²) < 4.78 is 5.49. The van der Waals surface area contributed by atoms with Crippen LogP contribution in [0.2, 0.25) is 0 Å². The van der Waals surface area contributed by atoms with E-state index in [1.54, 1.807) is 0 Å². The molecule has 21 heavy (non-hydrogen) atoms. The number of carbonyl (C=O) groups is 1. The van der Waals surface area contributed by atoms with Gasteiger partial charge in [0.2, 0.25) is 5.91 Å². The van der Waals surface area contributed by atoms with Gasteiger partial charge >= 0.3 is 0 Å². The molecule has 0 radical (unpaired) electrons. The molecule has 4 heteroatoms. The summed E-state index contributed by atoms with van der Waals surface area (Å²) in [6.45, 7) is 7.06. The zero-order valence-corrected chi connectivity index (χ0v) is 13.0. The van der Waals surface area contributed by atoms with Crippen LogP contribution < -0.4 is 5.73 Å². The summed E-state index contributed by atoms with van der Waals surface area (Å²) in [7, 11) is 0. The average Bonchev–Trinajstić information content (AvgIpc) is 2.52. The minimum Gasteiger partial charge on any atom is -0.381 e. The largest absolute Gasteiger partial charge is 0.381 e. The molecule has 1 amide bonds.